The number of aromatic hydroxyl groups is 1. The fourth-order valence-corrected chi connectivity index (χ4v) is 2.64. The second-order valence-corrected chi connectivity index (χ2v) is 6.76. The van der Waals surface area contributed by atoms with Crippen LogP contribution in [-0.2, 0) is 10.8 Å². The molecule has 0 bridgehead atoms. The number of nitrogen functional groups attached to an aromatic ring is 1. The van der Waals surface area contributed by atoms with Crippen molar-refractivity contribution < 1.29 is 6.48 Å². The molecular weight excluding hydrogens is 210 g/mol. The number of phenolic OH excluding ortho intramolecular Hbond substituents is 1. The standard InChI is InChI=1S/C15H25NO/c1-9-12(14(2,3)4)10(16)8-11(17)13(9)15(5,6)7/h8,17H,16H2,1-7H3/i8D. The van der Waals surface area contributed by atoms with E-state index in [4.69, 9.17) is 7.10 Å². The highest BCUT2D eigenvalue weighted by Gasteiger charge is 2.28. The molecule has 0 fully saturated rings. The summed E-state index contributed by atoms with van der Waals surface area (Å²) < 4.78 is 8.01. The number of hydrogen-bond donors (Lipinski definition) is 2. The van der Waals surface area contributed by atoms with Gasteiger partial charge in [-0.1, -0.05) is 41.5 Å². The number of phenols is 1. The van der Waals surface area contributed by atoms with Gasteiger partial charge >= 0.3 is 0 Å². The second kappa shape index (κ2) is 3.94. The van der Waals surface area contributed by atoms with Crippen molar-refractivity contribution in [1.29, 1.82) is 0 Å². The number of rotatable bonds is 0. The molecule has 0 spiro atoms. The minimum atomic E-state index is -0.211. The maximum absolute atomic E-state index is 10.2. The molecule has 17 heavy (non-hydrogen) atoms. The molecule has 0 radical (unpaired) electrons. The first kappa shape index (κ1) is 12.3. The topological polar surface area (TPSA) is 46.2 Å². The molecule has 0 heterocycles. The molecule has 96 valence electrons. The highest BCUT2D eigenvalue weighted by atomic mass is 16.3. The monoisotopic (exact) mass is 236 g/mol. The molecule has 0 aliphatic heterocycles. The van der Waals surface area contributed by atoms with Gasteiger partial charge in [-0.15, -0.1) is 0 Å². The van der Waals surface area contributed by atoms with E-state index >= 15 is 0 Å². The van der Waals surface area contributed by atoms with Crippen LogP contribution in [0.15, 0.2) is 6.04 Å². The van der Waals surface area contributed by atoms with Crippen LogP contribution in [0.5, 0.6) is 5.75 Å². The van der Waals surface area contributed by atoms with E-state index in [-0.39, 0.29) is 22.6 Å². The van der Waals surface area contributed by atoms with E-state index in [1.807, 2.05) is 27.7 Å². The molecule has 2 nitrogen and oxygen atoms in total. The number of benzene rings is 1. The van der Waals surface area contributed by atoms with E-state index in [0.717, 1.165) is 16.7 Å². The Hall–Kier alpha value is -1.18. The maximum Gasteiger partial charge on any atom is 0.121 e. The van der Waals surface area contributed by atoms with E-state index in [9.17, 15) is 5.11 Å². The largest absolute Gasteiger partial charge is 0.508 e. The Morgan fingerprint density at radius 3 is 1.82 bits per heavy atom. The summed E-state index contributed by atoms with van der Waals surface area (Å²) in [6, 6.07) is 0.0513. The Morgan fingerprint density at radius 2 is 1.47 bits per heavy atom. The first-order chi connectivity index (χ1) is 7.89. The van der Waals surface area contributed by atoms with Crippen LogP contribution in [0.2, 0.25) is 0 Å². The van der Waals surface area contributed by atoms with Crippen molar-refractivity contribution in [3.8, 4) is 5.75 Å². The van der Waals surface area contributed by atoms with Crippen molar-refractivity contribution >= 4 is 5.69 Å². The summed E-state index contributed by atoms with van der Waals surface area (Å²) in [6.45, 7) is 14.3. The molecule has 1 rings (SSSR count). The minimum absolute atomic E-state index is 0.0190. The van der Waals surface area contributed by atoms with Crippen molar-refractivity contribution in [3.63, 3.8) is 0 Å². The van der Waals surface area contributed by atoms with E-state index in [1.54, 1.807) is 0 Å². The van der Waals surface area contributed by atoms with Crippen LogP contribution >= 0.6 is 0 Å². The first-order valence-corrected chi connectivity index (χ1v) is 6.01. The molecule has 0 amide bonds. The molecule has 0 saturated carbocycles. The molecule has 0 aliphatic carbocycles. The van der Waals surface area contributed by atoms with E-state index in [0.29, 0.717) is 5.69 Å². The van der Waals surface area contributed by atoms with E-state index in [1.165, 1.54) is 0 Å². The number of nitrogens with two attached hydrogens (primary N) is 1. The Bertz CT molecular complexity index is 438. The van der Waals surface area contributed by atoms with Gasteiger partial charge in [-0.3, -0.25) is 0 Å². The van der Waals surface area contributed by atoms with Crippen LogP contribution in [-0.4, -0.2) is 5.11 Å². The minimum Gasteiger partial charge on any atom is -0.508 e. The van der Waals surface area contributed by atoms with Gasteiger partial charge in [-0.05, 0) is 28.9 Å². The van der Waals surface area contributed by atoms with Crippen molar-refractivity contribution in [2.75, 3.05) is 5.73 Å². The van der Waals surface area contributed by atoms with E-state index < -0.39 is 0 Å². The van der Waals surface area contributed by atoms with Gasteiger partial charge in [0.05, 0.1) is 1.37 Å². The lowest BCUT2D eigenvalue weighted by Crippen LogP contribution is -2.21. The first-order valence-electron chi connectivity index (χ1n) is 6.51. The summed E-state index contributed by atoms with van der Waals surface area (Å²) in [7, 11) is 0. The lowest BCUT2D eigenvalue weighted by Gasteiger charge is -2.30. The summed E-state index contributed by atoms with van der Waals surface area (Å²) in [5.74, 6) is 0.0190. The van der Waals surface area contributed by atoms with Gasteiger partial charge in [0.25, 0.3) is 0 Å². The van der Waals surface area contributed by atoms with Crippen LogP contribution in [0.3, 0.4) is 0 Å². The van der Waals surface area contributed by atoms with Crippen LogP contribution < -0.4 is 5.73 Å². The quantitative estimate of drug-likeness (QED) is 0.671. The second-order valence-electron chi connectivity index (χ2n) is 6.76. The third kappa shape index (κ3) is 2.56. The zero-order valence-corrected chi connectivity index (χ0v) is 12.0. The highest BCUT2D eigenvalue weighted by molar-refractivity contribution is 5.63. The molecule has 0 unspecified atom stereocenters. The van der Waals surface area contributed by atoms with Crippen LogP contribution in [0.4, 0.5) is 5.69 Å². The normalized spacial score (nSPS) is 13.7. The molecule has 2 heteroatoms. The summed E-state index contributed by atoms with van der Waals surface area (Å²) in [4.78, 5) is 0. The molecular formula is C15H25NO. The average Bonchev–Trinajstić information content (AvgIpc) is 2.09. The lowest BCUT2D eigenvalue weighted by molar-refractivity contribution is 0.443. The summed E-state index contributed by atoms with van der Waals surface area (Å²) in [5.41, 5.74) is 8.87. The van der Waals surface area contributed by atoms with Gasteiger partial charge in [-0.2, -0.15) is 0 Å². The van der Waals surface area contributed by atoms with Gasteiger partial charge in [0.1, 0.15) is 5.75 Å². The Kier molecular flexibility index (Phi) is 2.84. The number of anilines is 1. The van der Waals surface area contributed by atoms with Gasteiger partial charge in [0.2, 0.25) is 0 Å². The summed E-state index contributed by atoms with van der Waals surface area (Å²) in [6.07, 6.45) is 0. The highest BCUT2D eigenvalue weighted by Crippen LogP contribution is 2.41. The zero-order chi connectivity index (χ0) is 14.5. The van der Waals surface area contributed by atoms with Crippen molar-refractivity contribution in [3.05, 3.63) is 22.7 Å². The molecule has 1 aromatic carbocycles. The Morgan fingerprint density at radius 1 is 1.06 bits per heavy atom. The van der Waals surface area contributed by atoms with Crippen LogP contribution in [0, 0.1) is 6.92 Å². The Labute approximate surface area is 106 Å². The molecule has 3 N–H and O–H groups in total. The predicted molar refractivity (Wildman–Crippen MR) is 74.7 cm³/mol. The fraction of sp³-hybridized carbons (Fsp3) is 0.600. The Balaban J connectivity index is 3.83. The van der Waals surface area contributed by atoms with Crippen LogP contribution in [0.25, 0.3) is 0 Å². The third-order valence-electron chi connectivity index (χ3n) is 3.01. The SMILES string of the molecule is [2H]c1c(N)c(C(C)(C)C)c(C)c(C(C)(C)C)c1O. The van der Waals surface area contributed by atoms with Gasteiger partial charge in [-0.25, -0.2) is 0 Å². The van der Waals surface area contributed by atoms with Crippen molar-refractivity contribution in [2.45, 2.75) is 59.3 Å². The van der Waals surface area contributed by atoms with Crippen molar-refractivity contribution in [1.82, 2.24) is 0 Å². The maximum atomic E-state index is 10.2. The molecule has 1 aromatic rings. The van der Waals surface area contributed by atoms with Crippen LogP contribution in [0.1, 0.15) is 59.6 Å². The zero-order valence-electron chi connectivity index (χ0n) is 13.0. The molecule has 0 atom stereocenters. The fourth-order valence-electron chi connectivity index (χ4n) is 2.64. The smallest absolute Gasteiger partial charge is 0.121 e. The third-order valence-corrected chi connectivity index (χ3v) is 3.01. The molecule has 0 saturated heterocycles. The molecule has 0 aromatic heterocycles. The summed E-state index contributed by atoms with van der Waals surface area (Å²) in [5, 5.41) is 10.2. The van der Waals surface area contributed by atoms with Gasteiger partial charge in [0.15, 0.2) is 0 Å². The molecule has 0 aliphatic rings. The predicted octanol–water partition coefficient (Wildman–Crippen LogP) is 3.88. The average molecular weight is 236 g/mol. The van der Waals surface area contributed by atoms with Gasteiger partial charge in [0, 0.05) is 17.3 Å². The van der Waals surface area contributed by atoms with E-state index in [2.05, 4.69) is 20.8 Å². The summed E-state index contributed by atoms with van der Waals surface area (Å²) >= 11 is 0. The van der Waals surface area contributed by atoms with Crippen molar-refractivity contribution in [2.24, 2.45) is 0 Å². The number of hydrogen-bond acceptors (Lipinski definition) is 2. The van der Waals surface area contributed by atoms with Gasteiger partial charge < -0.3 is 10.8 Å². The lowest BCUT2D eigenvalue weighted by atomic mass is 9.75.